The number of halogens is 2. The molecule has 0 saturated heterocycles. The van der Waals surface area contributed by atoms with Gasteiger partial charge in [-0.3, -0.25) is 0 Å². The van der Waals surface area contributed by atoms with Gasteiger partial charge in [0, 0.05) is 12.4 Å². The summed E-state index contributed by atoms with van der Waals surface area (Å²) in [5.41, 5.74) is 0. The van der Waals surface area contributed by atoms with E-state index in [1.165, 1.54) is 0 Å². The minimum atomic E-state index is -1.78. The molecule has 56 valence electrons. The molecule has 1 aromatic heterocycles. The Hall–Kier alpha value is 0.01000. The van der Waals surface area contributed by atoms with Crippen molar-refractivity contribution < 1.29 is 0 Å². The minimum absolute atomic E-state index is 0.512. The van der Waals surface area contributed by atoms with Crippen LogP contribution in [0.3, 0.4) is 0 Å². The Morgan fingerprint density at radius 1 is 1.30 bits per heavy atom. The van der Waals surface area contributed by atoms with Crippen LogP contribution < -0.4 is 0 Å². The van der Waals surface area contributed by atoms with E-state index in [-0.39, 0.29) is 0 Å². The first kappa shape index (κ1) is 8.11. The topological polar surface area (TPSA) is 25.8 Å². The average Bonchev–Trinajstić information content (AvgIpc) is 1.88. The first-order chi connectivity index (χ1) is 4.61. The Labute approximate surface area is 69.9 Å². The van der Waals surface area contributed by atoms with E-state index >= 15 is 0 Å². The molecule has 5 heteroatoms. The zero-order chi connectivity index (χ0) is 7.61. The summed E-state index contributed by atoms with van der Waals surface area (Å²) < 4.78 is 0. The molecule has 0 spiro atoms. The molecule has 10 heavy (non-hydrogen) atoms. The van der Waals surface area contributed by atoms with Gasteiger partial charge in [-0.2, -0.15) is 0 Å². The predicted octanol–water partition coefficient (Wildman–Crippen LogP) is 2.58. The Morgan fingerprint density at radius 2 is 1.80 bits per heavy atom. The smallest absolute Gasteiger partial charge is 0.196 e. The van der Waals surface area contributed by atoms with Crippen LogP contribution in [0.2, 0.25) is 0 Å². The first-order valence-electron chi connectivity index (χ1n) is 2.55. The first-order valence-corrected chi connectivity index (χ1v) is 6.24. The van der Waals surface area contributed by atoms with Crippen LogP contribution in [0, 0.1) is 0 Å². The van der Waals surface area contributed by atoms with Crippen LogP contribution in [0.1, 0.15) is 0 Å². The molecule has 0 aliphatic heterocycles. The van der Waals surface area contributed by atoms with Crippen molar-refractivity contribution in [1.29, 1.82) is 0 Å². The van der Waals surface area contributed by atoms with E-state index in [2.05, 4.69) is 9.97 Å². The van der Waals surface area contributed by atoms with Crippen molar-refractivity contribution in [2.75, 3.05) is 6.26 Å². The molecule has 1 heterocycles. The third-order valence-corrected chi connectivity index (χ3v) is 2.54. The normalized spacial score (nSPS) is 13.1. The van der Waals surface area contributed by atoms with Gasteiger partial charge in [-0.25, -0.2) is 9.97 Å². The van der Waals surface area contributed by atoms with E-state index in [4.69, 9.17) is 21.4 Å². The van der Waals surface area contributed by atoms with Crippen LogP contribution in [-0.2, 0) is 0 Å². The highest BCUT2D eigenvalue weighted by Crippen LogP contribution is 2.59. The monoisotopic (exact) mass is 196 g/mol. The Bertz CT molecular complexity index is 209. The van der Waals surface area contributed by atoms with Crippen LogP contribution in [0.25, 0.3) is 0 Å². The van der Waals surface area contributed by atoms with Crippen LogP contribution in [0.4, 0.5) is 0 Å². The molecule has 1 aromatic rings. The van der Waals surface area contributed by atoms with E-state index in [0.717, 1.165) is 0 Å². The Morgan fingerprint density at radius 3 is 2.10 bits per heavy atom. The molecule has 0 saturated carbocycles. The zero-order valence-corrected chi connectivity index (χ0v) is 7.62. The molecule has 2 nitrogen and oxygen atoms in total. The van der Waals surface area contributed by atoms with Gasteiger partial charge in [-0.15, -0.1) is 0 Å². The number of hydrogen-bond donors (Lipinski definition) is 0. The summed E-state index contributed by atoms with van der Waals surface area (Å²) in [6.07, 6.45) is 4.96. The molecule has 0 radical (unpaired) electrons. The number of hydrogen-bond acceptors (Lipinski definition) is 2. The fourth-order valence-corrected chi connectivity index (χ4v) is 1.44. The van der Waals surface area contributed by atoms with Gasteiger partial charge in [0.05, 0.1) is 0 Å². The molecular formula is C5H6Cl2N2S. The second-order valence-corrected chi connectivity index (χ2v) is 7.75. The number of rotatable bonds is 1. The molecular weight excluding hydrogens is 191 g/mol. The lowest BCUT2D eigenvalue weighted by atomic mass is 10.7. The van der Waals surface area contributed by atoms with Gasteiger partial charge in [-0.1, -0.05) is 0 Å². The van der Waals surface area contributed by atoms with Gasteiger partial charge < -0.3 is 0 Å². The largest absolute Gasteiger partial charge is 0.231 e. The lowest BCUT2D eigenvalue weighted by Gasteiger charge is -2.14. The lowest BCUT2D eigenvalue weighted by molar-refractivity contribution is 0.967. The second-order valence-electron chi connectivity index (χ2n) is 1.76. The van der Waals surface area contributed by atoms with Gasteiger partial charge in [0.1, 0.15) is 0 Å². The van der Waals surface area contributed by atoms with E-state index in [1.807, 2.05) is 0 Å². The molecule has 0 aliphatic carbocycles. The van der Waals surface area contributed by atoms with Crippen molar-refractivity contribution >= 4 is 29.8 Å². The van der Waals surface area contributed by atoms with Crippen molar-refractivity contribution in [2.45, 2.75) is 5.16 Å². The van der Waals surface area contributed by atoms with Gasteiger partial charge in [0.2, 0.25) is 0 Å². The summed E-state index contributed by atoms with van der Waals surface area (Å²) in [5, 5.41) is 0.512. The number of nitrogens with zero attached hydrogens (tertiary/aromatic N) is 2. The van der Waals surface area contributed by atoms with E-state index < -0.39 is 8.46 Å². The van der Waals surface area contributed by atoms with E-state index in [1.54, 1.807) is 24.7 Å². The fraction of sp³-hybridized carbons (Fsp3) is 0.200. The van der Waals surface area contributed by atoms with Crippen molar-refractivity contribution in [3.8, 4) is 0 Å². The van der Waals surface area contributed by atoms with E-state index in [0.29, 0.717) is 5.16 Å². The average molecular weight is 197 g/mol. The standard InChI is InChI=1S/C5H6Cl2N2S/c1-10(6,7)5-8-3-2-4-9-5/h2-4H,1H3. The van der Waals surface area contributed by atoms with Crippen molar-refractivity contribution in [3.63, 3.8) is 0 Å². The Balaban J connectivity index is 2.97. The molecule has 0 aliphatic rings. The van der Waals surface area contributed by atoms with Crippen LogP contribution in [-0.4, -0.2) is 16.2 Å². The van der Waals surface area contributed by atoms with Crippen molar-refractivity contribution in [2.24, 2.45) is 0 Å². The van der Waals surface area contributed by atoms with Gasteiger partial charge in [-0.05, 0) is 42.1 Å². The predicted molar refractivity (Wildman–Crippen MR) is 45.5 cm³/mol. The summed E-state index contributed by atoms with van der Waals surface area (Å²) in [6.45, 7) is 0. The van der Waals surface area contributed by atoms with Crippen molar-refractivity contribution in [1.82, 2.24) is 9.97 Å². The molecule has 0 aromatic carbocycles. The summed E-state index contributed by atoms with van der Waals surface area (Å²) in [5.74, 6) is 0. The molecule has 0 bridgehead atoms. The summed E-state index contributed by atoms with van der Waals surface area (Å²) in [6, 6.07) is 1.72. The second kappa shape index (κ2) is 2.95. The zero-order valence-electron chi connectivity index (χ0n) is 5.29. The summed E-state index contributed by atoms with van der Waals surface area (Å²) in [7, 11) is 9.78. The van der Waals surface area contributed by atoms with Crippen LogP contribution in [0.15, 0.2) is 23.6 Å². The minimum Gasteiger partial charge on any atom is -0.231 e. The molecule has 0 N–H and O–H groups in total. The summed E-state index contributed by atoms with van der Waals surface area (Å²) >= 11 is 0. The fourth-order valence-electron chi connectivity index (χ4n) is 0.471. The van der Waals surface area contributed by atoms with Gasteiger partial charge in [0.15, 0.2) is 5.16 Å². The molecule has 0 amide bonds. The van der Waals surface area contributed by atoms with E-state index in [9.17, 15) is 0 Å². The molecule has 0 atom stereocenters. The molecule has 0 fully saturated rings. The highest BCUT2D eigenvalue weighted by Gasteiger charge is 2.15. The number of aromatic nitrogens is 2. The Kier molecular flexibility index (Phi) is 2.39. The maximum absolute atomic E-state index is 5.78. The van der Waals surface area contributed by atoms with Crippen LogP contribution >= 0.6 is 29.8 Å². The van der Waals surface area contributed by atoms with Crippen LogP contribution in [0.5, 0.6) is 0 Å². The SMILES string of the molecule is CS(Cl)(Cl)c1ncccn1. The summed E-state index contributed by atoms with van der Waals surface area (Å²) in [4.78, 5) is 7.82. The lowest BCUT2D eigenvalue weighted by Crippen LogP contribution is -1.89. The molecule has 0 unspecified atom stereocenters. The third kappa shape index (κ3) is 2.01. The van der Waals surface area contributed by atoms with Gasteiger partial charge in [0.25, 0.3) is 0 Å². The maximum Gasteiger partial charge on any atom is 0.196 e. The third-order valence-electron chi connectivity index (χ3n) is 0.863. The highest BCUT2D eigenvalue weighted by molar-refractivity contribution is 8.65. The van der Waals surface area contributed by atoms with Gasteiger partial charge >= 0.3 is 0 Å². The maximum atomic E-state index is 5.78. The quantitative estimate of drug-likeness (QED) is 0.646. The van der Waals surface area contributed by atoms with Crippen molar-refractivity contribution in [3.05, 3.63) is 18.5 Å². The molecule has 1 rings (SSSR count). The highest BCUT2D eigenvalue weighted by atomic mass is 36.0.